The lowest BCUT2D eigenvalue weighted by molar-refractivity contribution is 0.163. The number of nitrogens with one attached hydrogen (secondary N) is 1. The molecule has 2 N–H and O–H groups in total. The monoisotopic (exact) mass is 331 g/mol. The Hall–Kier alpha value is -1.95. The van der Waals surface area contributed by atoms with E-state index in [1.165, 1.54) is 0 Å². The van der Waals surface area contributed by atoms with E-state index in [0.29, 0.717) is 0 Å². The highest BCUT2D eigenvalue weighted by atomic mass is 32.2. The van der Waals surface area contributed by atoms with Crippen molar-refractivity contribution in [1.82, 2.24) is 4.72 Å². The molecule has 0 aliphatic heterocycles. The summed E-state index contributed by atoms with van der Waals surface area (Å²) in [6, 6.07) is 16.0. The maximum atomic E-state index is 12.2. The number of benzene rings is 2. The Morgan fingerprint density at radius 1 is 1.13 bits per heavy atom. The molecule has 2 atom stereocenters. The predicted octanol–water partition coefficient (Wildman–Crippen LogP) is 2.60. The Balaban J connectivity index is 2.06. The molecule has 2 rings (SSSR count). The maximum absolute atomic E-state index is 12.2. The van der Waals surface area contributed by atoms with Crippen molar-refractivity contribution in [3.8, 4) is 0 Å². The summed E-state index contributed by atoms with van der Waals surface area (Å²) in [5.41, 5.74) is 1.88. The molecule has 2 aromatic rings. The second kappa shape index (κ2) is 7.55. The van der Waals surface area contributed by atoms with E-state index in [4.69, 9.17) is 0 Å². The quantitative estimate of drug-likeness (QED) is 0.767. The first-order chi connectivity index (χ1) is 10.9. The smallest absolute Gasteiger partial charge is 0.240 e. The van der Waals surface area contributed by atoms with Gasteiger partial charge >= 0.3 is 0 Å². The number of hydrogen-bond donors (Lipinski definition) is 2. The van der Waals surface area contributed by atoms with E-state index in [9.17, 15) is 13.5 Å². The zero-order valence-corrected chi connectivity index (χ0v) is 13.8. The summed E-state index contributed by atoms with van der Waals surface area (Å²) >= 11 is 0. The van der Waals surface area contributed by atoms with E-state index < -0.39 is 16.1 Å². The van der Waals surface area contributed by atoms with Gasteiger partial charge < -0.3 is 5.11 Å². The van der Waals surface area contributed by atoms with E-state index in [0.717, 1.165) is 11.1 Å². The molecule has 0 bridgehead atoms. The van der Waals surface area contributed by atoms with E-state index in [1.807, 2.05) is 37.3 Å². The van der Waals surface area contributed by atoms with Crippen molar-refractivity contribution in [2.45, 2.75) is 23.8 Å². The van der Waals surface area contributed by atoms with Crippen molar-refractivity contribution in [3.63, 3.8) is 0 Å². The molecule has 122 valence electrons. The van der Waals surface area contributed by atoms with Crippen molar-refractivity contribution in [3.05, 3.63) is 78.4 Å². The molecule has 0 amide bonds. The van der Waals surface area contributed by atoms with Gasteiger partial charge in [-0.15, -0.1) is 6.58 Å². The zero-order valence-electron chi connectivity index (χ0n) is 13.0. The van der Waals surface area contributed by atoms with Gasteiger partial charge in [-0.2, -0.15) is 0 Å². The highest BCUT2D eigenvalue weighted by Crippen LogP contribution is 2.21. The molecule has 0 radical (unpaired) electrons. The van der Waals surface area contributed by atoms with E-state index in [2.05, 4.69) is 11.3 Å². The third kappa shape index (κ3) is 4.51. The van der Waals surface area contributed by atoms with Gasteiger partial charge in [0.2, 0.25) is 10.0 Å². The molecule has 4 nitrogen and oxygen atoms in total. The van der Waals surface area contributed by atoms with Gasteiger partial charge in [-0.3, -0.25) is 0 Å². The molecule has 5 heteroatoms. The van der Waals surface area contributed by atoms with E-state index >= 15 is 0 Å². The third-order valence-electron chi connectivity index (χ3n) is 3.67. The van der Waals surface area contributed by atoms with Crippen LogP contribution in [0.15, 0.2) is 72.1 Å². The van der Waals surface area contributed by atoms with Gasteiger partial charge in [0.15, 0.2) is 0 Å². The first kappa shape index (κ1) is 17.4. The first-order valence-corrected chi connectivity index (χ1v) is 8.84. The van der Waals surface area contributed by atoms with Crippen molar-refractivity contribution in [1.29, 1.82) is 0 Å². The molecule has 23 heavy (non-hydrogen) atoms. The number of aliphatic hydroxyl groups is 1. The van der Waals surface area contributed by atoms with Crippen LogP contribution in [0.25, 0.3) is 0 Å². The second-order valence-electron chi connectivity index (χ2n) is 5.40. The Bertz CT molecular complexity index is 740. The van der Waals surface area contributed by atoms with Gasteiger partial charge in [-0.25, -0.2) is 13.1 Å². The summed E-state index contributed by atoms with van der Waals surface area (Å²) in [5.74, 6) is -0.336. The molecule has 0 heterocycles. The summed E-state index contributed by atoms with van der Waals surface area (Å²) < 4.78 is 26.9. The molecule has 0 saturated carbocycles. The third-order valence-corrected chi connectivity index (χ3v) is 5.11. The van der Waals surface area contributed by atoms with Crippen LogP contribution in [0.5, 0.6) is 0 Å². The average Bonchev–Trinajstić information content (AvgIpc) is 2.55. The number of sulfonamides is 1. The largest absolute Gasteiger partial charge is 0.391 e. The predicted molar refractivity (Wildman–Crippen MR) is 91.8 cm³/mol. The summed E-state index contributed by atoms with van der Waals surface area (Å²) in [6.07, 6.45) is 0.732. The van der Waals surface area contributed by atoms with Gasteiger partial charge in [0.1, 0.15) is 0 Å². The number of aliphatic hydroxyl groups excluding tert-OH is 1. The molecular formula is C18H21NO3S. The zero-order chi connectivity index (χ0) is 16.9. The molecule has 0 unspecified atom stereocenters. The Morgan fingerprint density at radius 2 is 1.74 bits per heavy atom. The van der Waals surface area contributed by atoms with Crippen LogP contribution >= 0.6 is 0 Å². The average molecular weight is 331 g/mol. The minimum atomic E-state index is -3.64. The highest BCUT2D eigenvalue weighted by Gasteiger charge is 2.21. The second-order valence-corrected chi connectivity index (χ2v) is 7.17. The molecule has 0 aliphatic rings. The molecule has 0 saturated heterocycles. The fourth-order valence-corrected chi connectivity index (χ4v) is 3.36. The van der Waals surface area contributed by atoms with Crippen LogP contribution in [0, 0.1) is 6.92 Å². The fourth-order valence-electron chi connectivity index (χ4n) is 2.31. The van der Waals surface area contributed by atoms with Crippen LogP contribution in [0.1, 0.15) is 17.0 Å². The van der Waals surface area contributed by atoms with Crippen LogP contribution in [0.3, 0.4) is 0 Å². The minimum absolute atomic E-state index is 0.0816. The minimum Gasteiger partial charge on any atom is -0.391 e. The van der Waals surface area contributed by atoms with Crippen LogP contribution < -0.4 is 4.72 Å². The highest BCUT2D eigenvalue weighted by molar-refractivity contribution is 7.89. The van der Waals surface area contributed by atoms with Crippen molar-refractivity contribution in [2.75, 3.05) is 6.54 Å². The van der Waals surface area contributed by atoms with Crippen LogP contribution in [-0.4, -0.2) is 26.2 Å². The van der Waals surface area contributed by atoms with Gasteiger partial charge in [0.05, 0.1) is 11.0 Å². The first-order valence-electron chi connectivity index (χ1n) is 7.36. The normalized spacial score (nSPS) is 14.2. The van der Waals surface area contributed by atoms with Crippen molar-refractivity contribution < 1.29 is 13.5 Å². The Labute approximate surface area is 137 Å². The lowest BCUT2D eigenvalue weighted by Gasteiger charge is -2.20. The molecule has 0 spiro atoms. The summed E-state index contributed by atoms with van der Waals surface area (Å²) in [6.45, 7) is 5.54. The summed E-state index contributed by atoms with van der Waals surface area (Å²) in [4.78, 5) is 0.185. The molecule has 0 aliphatic carbocycles. The number of aryl methyl sites for hydroxylation is 1. The van der Waals surface area contributed by atoms with Crippen LogP contribution in [0.2, 0.25) is 0 Å². The van der Waals surface area contributed by atoms with Gasteiger partial charge in [-0.05, 0) is 24.6 Å². The van der Waals surface area contributed by atoms with E-state index in [1.54, 1.807) is 30.3 Å². The SMILES string of the molecule is C=C[C@@H](c1ccccc1)[C@@H](O)CNS(=O)(=O)c1ccc(C)cc1. The number of rotatable bonds is 7. The lowest BCUT2D eigenvalue weighted by atomic mass is 9.94. The maximum Gasteiger partial charge on any atom is 0.240 e. The Morgan fingerprint density at radius 3 is 2.30 bits per heavy atom. The van der Waals surface area contributed by atoms with Gasteiger partial charge in [0, 0.05) is 12.5 Å². The molecule has 0 fully saturated rings. The topological polar surface area (TPSA) is 66.4 Å². The van der Waals surface area contributed by atoms with Crippen molar-refractivity contribution >= 4 is 10.0 Å². The van der Waals surface area contributed by atoms with E-state index in [-0.39, 0.29) is 17.4 Å². The van der Waals surface area contributed by atoms with Crippen LogP contribution in [0.4, 0.5) is 0 Å². The fraction of sp³-hybridized carbons (Fsp3) is 0.222. The standard InChI is InChI=1S/C18H21NO3S/c1-3-17(15-7-5-4-6-8-15)18(20)13-19-23(21,22)16-11-9-14(2)10-12-16/h3-12,17-20H,1,13H2,2H3/t17-,18-/m0/s1. The van der Waals surface area contributed by atoms with Gasteiger partial charge in [0.25, 0.3) is 0 Å². The summed E-state index contributed by atoms with van der Waals surface area (Å²) in [7, 11) is -3.64. The van der Waals surface area contributed by atoms with Crippen molar-refractivity contribution in [2.24, 2.45) is 0 Å². The Kier molecular flexibility index (Phi) is 5.71. The molecular weight excluding hydrogens is 310 g/mol. The van der Waals surface area contributed by atoms with Gasteiger partial charge in [-0.1, -0.05) is 54.1 Å². The molecule has 0 aromatic heterocycles. The number of hydrogen-bond acceptors (Lipinski definition) is 3. The van der Waals surface area contributed by atoms with Crippen LogP contribution in [-0.2, 0) is 10.0 Å². The lowest BCUT2D eigenvalue weighted by Crippen LogP contribution is -2.35. The summed E-state index contributed by atoms with van der Waals surface area (Å²) in [5, 5.41) is 10.3. The molecule has 2 aromatic carbocycles.